The number of carbonyl (C=O) groups excluding carboxylic acids is 2. The number of nitrogens with zero attached hydrogens (tertiary/aromatic N) is 2. The standard InChI is InChI=1S/C26H18N4O12S3/c31-19-5-1-13(9-17(19)25(33)34)27-29-15-3-7-21(23(11-15)44(37,38)39)43-22-8-4-16(12-24(22)45(40,41)42)30-28-14-2-6-20(32)18(10-14)26(35)36/h1-12,29-30H,(H,33,34)(H,35,36)(H,37,38,39)(H,40,41,42)/b27-13+,28-14+. The fourth-order valence-electron chi connectivity index (χ4n) is 3.61. The summed E-state index contributed by atoms with van der Waals surface area (Å²) in [5, 5.41) is 26.0. The largest absolute Gasteiger partial charge is 0.478 e. The van der Waals surface area contributed by atoms with Gasteiger partial charge in [-0.1, -0.05) is 11.8 Å². The first-order chi connectivity index (χ1) is 21.0. The van der Waals surface area contributed by atoms with Crippen LogP contribution in [-0.2, 0) is 39.4 Å². The van der Waals surface area contributed by atoms with Gasteiger partial charge < -0.3 is 10.2 Å². The average Bonchev–Trinajstić information content (AvgIpc) is 2.96. The van der Waals surface area contributed by atoms with Crippen molar-refractivity contribution in [3.63, 3.8) is 0 Å². The monoisotopic (exact) mass is 674 g/mol. The maximum Gasteiger partial charge on any atom is 0.339 e. The first-order valence-electron chi connectivity index (χ1n) is 12.0. The van der Waals surface area contributed by atoms with Crippen LogP contribution in [0.4, 0.5) is 11.4 Å². The first-order valence-corrected chi connectivity index (χ1v) is 15.7. The minimum Gasteiger partial charge on any atom is -0.478 e. The lowest BCUT2D eigenvalue weighted by Gasteiger charge is -2.13. The van der Waals surface area contributed by atoms with E-state index in [1.807, 2.05) is 0 Å². The number of benzene rings is 2. The van der Waals surface area contributed by atoms with E-state index in [-0.39, 0.29) is 32.6 Å². The molecule has 232 valence electrons. The van der Waals surface area contributed by atoms with E-state index >= 15 is 0 Å². The van der Waals surface area contributed by atoms with Crippen molar-refractivity contribution in [2.75, 3.05) is 10.9 Å². The maximum atomic E-state index is 12.2. The van der Waals surface area contributed by atoms with Crippen molar-refractivity contribution >= 4 is 78.3 Å². The molecule has 4 rings (SSSR count). The average molecular weight is 675 g/mol. The highest BCUT2D eigenvalue weighted by atomic mass is 32.2. The molecule has 0 bridgehead atoms. The van der Waals surface area contributed by atoms with Crippen LogP contribution < -0.4 is 10.9 Å². The molecule has 6 N–H and O–H groups in total. The Hall–Kier alpha value is -5.21. The summed E-state index contributed by atoms with van der Waals surface area (Å²) >= 11 is 0.559. The molecule has 0 fully saturated rings. The molecule has 19 heteroatoms. The zero-order valence-electron chi connectivity index (χ0n) is 22.1. The highest BCUT2D eigenvalue weighted by molar-refractivity contribution is 8.00. The molecule has 0 atom stereocenters. The quantitative estimate of drug-likeness (QED) is 0.0912. The van der Waals surface area contributed by atoms with Crippen LogP contribution >= 0.6 is 11.8 Å². The van der Waals surface area contributed by atoms with Crippen molar-refractivity contribution in [2.24, 2.45) is 10.2 Å². The van der Waals surface area contributed by atoms with Gasteiger partial charge in [0.05, 0.1) is 22.8 Å². The van der Waals surface area contributed by atoms with Gasteiger partial charge in [0, 0.05) is 9.79 Å². The van der Waals surface area contributed by atoms with Gasteiger partial charge in [-0.3, -0.25) is 29.5 Å². The summed E-state index contributed by atoms with van der Waals surface area (Å²) < 4.78 is 68.6. The van der Waals surface area contributed by atoms with E-state index in [2.05, 4.69) is 21.1 Å². The maximum absolute atomic E-state index is 12.2. The number of hydrogen-bond acceptors (Lipinski definition) is 13. The molecule has 16 nitrogen and oxygen atoms in total. The molecule has 0 amide bonds. The Morgan fingerprint density at radius 1 is 0.644 bits per heavy atom. The van der Waals surface area contributed by atoms with E-state index < -0.39 is 64.7 Å². The Morgan fingerprint density at radius 3 is 1.36 bits per heavy atom. The number of ketones is 2. The van der Waals surface area contributed by atoms with Crippen molar-refractivity contribution < 1.29 is 55.3 Å². The SMILES string of the molecule is O=C(O)C1=C/C(=N/Nc2ccc(Sc3ccc(N/N=C4\C=CC(=O)C(C(=O)O)=C4)cc3S(=O)(=O)O)c(S(=O)(=O)O)c2)C=CC1=O. The summed E-state index contributed by atoms with van der Waals surface area (Å²) in [7, 11) is -9.83. The predicted molar refractivity (Wildman–Crippen MR) is 158 cm³/mol. The molecule has 0 saturated heterocycles. The van der Waals surface area contributed by atoms with E-state index in [1.54, 1.807) is 0 Å². The van der Waals surface area contributed by atoms with E-state index in [9.17, 15) is 45.1 Å². The molecule has 0 heterocycles. The van der Waals surface area contributed by atoms with Gasteiger partial charge in [0.25, 0.3) is 20.2 Å². The number of hydrazone groups is 2. The van der Waals surface area contributed by atoms with Crippen molar-refractivity contribution in [2.45, 2.75) is 19.6 Å². The van der Waals surface area contributed by atoms with Crippen molar-refractivity contribution in [3.05, 3.63) is 84.0 Å². The molecular formula is C26H18N4O12S3. The third-order valence-electron chi connectivity index (χ3n) is 5.68. The van der Waals surface area contributed by atoms with Crippen LogP contribution in [0.1, 0.15) is 0 Å². The second-order valence-electron chi connectivity index (χ2n) is 8.79. The Morgan fingerprint density at radius 2 is 1.02 bits per heavy atom. The van der Waals surface area contributed by atoms with Crippen LogP contribution in [0.15, 0.2) is 114 Å². The summed E-state index contributed by atoms with van der Waals surface area (Å²) in [5.74, 6) is -4.44. The lowest BCUT2D eigenvalue weighted by Crippen LogP contribution is -2.16. The fourth-order valence-corrected chi connectivity index (χ4v) is 6.52. The van der Waals surface area contributed by atoms with Gasteiger partial charge in [-0.2, -0.15) is 27.0 Å². The summed E-state index contributed by atoms with van der Waals surface area (Å²) in [6, 6.07) is 6.93. The lowest BCUT2D eigenvalue weighted by molar-refractivity contribution is -0.135. The molecule has 2 aliphatic carbocycles. The molecule has 0 aliphatic heterocycles. The Balaban J connectivity index is 1.63. The Bertz CT molecular complexity index is 1930. The van der Waals surface area contributed by atoms with Crippen LogP contribution in [0, 0.1) is 0 Å². The van der Waals surface area contributed by atoms with Gasteiger partial charge in [-0.05, 0) is 72.9 Å². The van der Waals surface area contributed by atoms with E-state index in [0.29, 0.717) is 11.8 Å². The van der Waals surface area contributed by atoms with Crippen molar-refractivity contribution in [1.29, 1.82) is 0 Å². The number of rotatable bonds is 10. The van der Waals surface area contributed by atoms with Gasteiger partial charge in [-0.15, -0.1) is 0 Å². The van der Waals surface area contributed by atoms with Crippen molar-refractivity contribution in [1.82, 2.24) is 0 Å². The molecule has 2 aliphatic rings. The van der Waals surface area contributed by atoms with Gasteiger partial charge in [0.2, 0.25) is 0 Å². The molecule has 2 aromatic carbocycles. The number of carbonyl (C=O) groups is 4. The summed E-state index contributed by atoms with van der Waals surface area (Å²) in [4.78, 5) is 44.0. The van der Waals surface area contributed by atoms with Gasteiger partial charge in [0.15, 0.2) is 11.6 Å². The topological polar surface area (TPSA) is 266 Å². The summed E-state index contributed by atoms with van der Waals surface area (Å²) in [6.07, 6.45) is 6.37. The molecular weight excluding hydrogens is 657 g/mol. The summed E-state index contributed by atoms with van der Waals surface area (Å²) in [5.41, 5.74) is 3.90. The lowest BCUT2D eigenvalue weighted by atomic mass is 10.0. The molecule has 0 saturated carbocycles. The smallest absolute Gasteiger partial charge is 0.339 e. The minimum absolute atomic E-state index is 0.00211. The third-order valence-corrected chi connectivity index (χ3v) is 8.88. The predicted octanol–water partition coefficient (Wildman–Crippen LogP) is 2.17. The van der Waals surface area contributed by atoms with Gasteiger partial charge >= 0.3 is 11.9 Å². The first kappa shape index (κ1) is 32.7. The molecule has 0 radical (unpaired) electrons. The second kappa shape index (κ2) is 12.8. The highest BCUT2D eigenvalue weighted by Gasteiger charge is 2.23. The molecule has 45 heavy (non-hydrogen) atoms. The summed E-state index contributed by atoms with van der Waals surface area (Å²) in [6.45, 7) is 0. The number of carboxylic acid groups (broad SMARTS) is 2. The molecule has 0 aromatic heterocycles. The van der Waals surface area contributed by atoms with Crippen LogP contribution in [0.25, 0.3) is 0 Å². The molecule has 2 aromatic rings. The zero-order valence-corrected chi connectivity index (χ0v) is 24.6. The van der Waals surface area contributed by atoms with Crippen LogP contribution in [-0.4, -0.2) is 71.1 Å². The number of hydrogen-bond donors (Lipinski definition) is 6. The van der Waals surface area contributed by atoms with E-state index in [0.717, 1.165) is 36.4 Å². The fraction of sp³-hybridized carbons (Fsp3) is 0. The van der Waals surface area contributed by atoms with Crippen LogP contribution in [0.3, 0.4) is 0 Å². The molecule has 0 spiro atoms. The Kier molecular flexibility index (Phi) is 9.30. The van der Waals surface area contributed by atoms with Gasteiger partial charge in [0.1, 0.15) is 20.9 Å². The van der Waals surface area contributed by atoms with Crippen LogP contribution in [0.5, 0.6) is 0 Å². The highest BCUT2D eigenvalue weighted by Crippen LogP contribution is 2.38. The zero-order chi connectivity index (χ0) is 33.1. The van der Waals surface area contributed by atoms with Gasteiger partial charge in [-0.25, -0.2) is 9.59 Å². The number of allylic oxidation sites excluding steroid dienone is 6. The second-order valence-corrected chi connectivity index (χ2v) is 12.7. The Labute approximate surface area is 257 Å². The number of nitrogens with one attached hydrogen (secondary N) is 2. The number of anilines is 2. The molecule has 0 unspecified atom stereocenters. The van der Waals surface area contributed by atoms with E-state index in [4.69, 9.17) is 10.2 Å². The minimum atomic E-state index is -4.92. The number of carboxylic acids is 2. The van der Waals surface area contributed by atoms with E-state index in [1.165, 1.54) is 36.4 Å². The van der Waals surface area contributed by atoms with Crippen molar-refractivity contribution in [3.8, 4) is 0 Å². The third kappa shape index (κ3) is 8.04. The normalized spacial score (nSPS) is 16.8. The van der Waals surface area contributed by atoms with Crippen LogP contribution in [0.2, 0.25) is 0 Å². The number of aliphatic carboxylic acids is 2.